The predicted molar refractivity (Wildman–Crippen MR) is 108 cm³/mol. The van der Waals surface area contributed by atoms with E-state index in [1.165, 1.54) is 73.2 Å². The Morgan fingerprint density at radius 2 is 1.96 bits per heavy atom. The zero-order valence-corrected chi connectivity index (χ0v) is 16.6. The predicted octanol–water partition coefficient (Wildman–Crippen LogP) is 3.72. The molecule has 2 fully saturated rings. The van der Waals surface area contributed by atoms with Gasteiger partial charge in [-0.2, -0.15) is 0 Å². The number of aromatic nitrogens is 1. The molecule has 4 nitrogen and oxygen atoms in total. The summed E-state index contributed by atoms with van der Waals surface area (Å²) in [5.74, 6) is 0. The van der Waals surface area contributed by atoms with Gasteiger partial charge in [0.15, 0.2) is 0 Å². The van der Waals surface area contributed by atoms with Crippen molar-refractivity contribution in [1.29, 1.82) is 0 Å². The number of benzene rings is 1. The first kappa shape index (κ1) is 18.0. The molecule has 1 aromatic carbocycles. The number of fused-ring (bicyclic) bond motifs is 1. The van der Waals surface area contributed by atoms with Crippen LogP contribution in [-0.4, -0.2) is 61.2 Å². The Morgan fingerprint density at radius 3 is 2.81 bits per heavy atom. The van der Waals surface area contributed by atoms with Gasteiger partial charge in [0.1, 0.15) is 0 Å². The van der Waals surface area contributed by atoms with Crippen molar-refractivity contribution in [2.45, 2.75) is 39.7 Å². The standard InChI is InChI=1S/C22H33N3O/c1-17-6-4-7-19-20(18(2)23-21(17)19)14-25-11-9-22(16-25)8-5-10-24(15-22)12-13-26-3/h4,6-7,23H,5,8-16H2,1-3H3. The third-order valence-electron chi connectivity index (χ3n) is 6.61. The molecule has 2 aromatic rings. The summed E-state index contributed by atoms with van der Waals surface area (Å²) in [6.07, 6.45) is 4.07. The number of H-pyrrole nitrogens is 1. The molecule has 2 saturated heterocycles. The van der Waals surface area contributed by atoms with Gasteiger partial charge in [-0.05, 0) is 62.7 Å². The summed E-state index contributed by atoms with van der Waals surface area (Å²) in [5, 5.41) is 1.41. The fourth-order valence-corrected chi connectivity index (χ4v) is 5.19. The molecule has 0 aliphatic carbocycles. The number of nitrogens with one attached hydrogen (secondary N) is 1. The van der Waals surface area contributed by atoms with Crippen molar-refractivity contribution < 1.29 is 4.74 Å². The molecule has 1 aromatic heterocycles. The van der Waals surface area contributed by atoms with Crippen molar-refractivity contribution in [3.8, 4) is 0 Å². The van der Waals surface area contributed by atoms with Crippen molar-refractivity contribution >= 4 is 10.9 Å². The van der Waals surface area contributed by atoms with Crippen molar-refractivity contribution in [3.63, 3.8) is 0 Å². The van der Waals surface area contributed by atoms with Crippen LogP contribution in [-0.2, 0) is 11.3 Å². The molecule has 0 amide bonds. The van der Waals surface area contributed by atoms with Crippen molar-refractivity contribution in [2.24, 2.45) is 5.41 Å². The smallest absolute Gasteiger partial charge is 0.0589 e. The lowest BCUT2D eigenvalue weighted by molar-refractivity contribution is 0.0674. The SMILES string of the molecule is COCCN1CCCC2(CCN(Cc3c(C)[nH]c4c(C)cccc34)C2)C1. The van der Waals surface area contributed by atoms with Crippen LogP contribution in [0.15, 0.2) is 18.2 Å². The minimum Gasteiger partial charge on any atom is -0.383 e. The molecule has 0 bridgehead atoms. The Kier molecular flexibility index (Phi) is 5.09. The van der Waals surface area contributed by atoms with Gasteiger partial charge in [0, 0.05) is 49.9 Å². The van der Waals surface area contributed by atoms with E-state index >= 15 is 0 Å². The van der Waals surface area contributed by atoms with E-state index in [0.717, 1.165) is 19.7 Å². The van der Waals surface area contributed by atoms with Gasteiger partial charge in [0.25, 0.3) is 0 Å². The highest BCUT2D eigenvalue weighted by Gasteiger charge is 2.41. The zero-order valence-electron chi connectivity index (χ0n) is 16.6. The van der Waals surface area contributed by atoms with Gasteiger partial charge in [0.2, 0.25) is 0 Å². The third kappa shape index (κ3) is 3.42. The number of para-hydroxylation sites is 1. The summed E-state index contributed by atoms with van der Waals surface area (Å²) < 4.78 is 5.30. The largest absolute Gasteiger partial charge is 0.383 e. The van der Waals surface area contributed by atoms with E-state index in [1.54, 1.807) is 0 Å². The van der Waals surface area contributed by atoms with Crippen LogP contribution >= 0.6 is 0 Å². The maximum absolute atomic E-state index is 5.30. The second-order valence-electron chi connectivity index (χ2n) is 8.56. The second-order valence-corrected chi connectivity index (χ2v) is 8.56. The first-order valence-corrected chi connectivity index (χ1v) is 10.1. The summed E-state index contributed by atoms with van der Waals surface area (Å²) in [4.78, 5) is 8.94. The molecule has 2 aliphatic rings. The molecule has 1 spiro atoms. The first-order chi connectivity index (χ1) is 12.6. The number of aryl methyl sites for hydroxylation is 2. The quantitative estimate of drug-likeness (QED) is 0.887. The van der Waals surface area contributed by atoms with Gasteiger partial charge in [-0.15, -0.1) is 0 Å². The van der Waals surface area contributed by atoms with Crippen LogP contribution in [0.3, 0.4) is 0 Å². The summed E-state index contributed by atoms with van der Waals surface area (Å²) >= 11 is 0. The van der Waals surface area contributed by atoms with Crippen LogP contribution in [0, 0.1) is 19.3 Å². The number of ether oxygens (including phenoxy) is 1. The van der Waals surface area contributed by atoms with E-state index in [4.69, 9.17) is 4.74 Å². The highest BCUT2D eigenvalue weighted by Crippen LogP contribution is 2.40. The number of rotatable bonds is 5. The van der Waals surface area contributed by atoms with Gasteiger partial charge >= 0.3 is 0 Å². The summed E-state index contributed by atoms with van der Waals surface area (Å²) in [6, 6.07) is 6.67. The molecule has 0 radical (unpaired) electrons. The van der Waals surface area contributed by atoms with Crippen LogP contribution < -0.4 is 0 Å². The fraction of sp³-hybridized carbons (Fsp3) is 0.636. The minimum absolute atomic E-state index is 0.502. The molecule has 1 N–H and O–H groups in total. The Hall–Kier alpha value is -1.36. The topological polar surface area (TPSA) is 31.5 Å². The number of aromatic amines is 1. The molecule has 1 atom stereocenters. The van der Waals surface area contributed by atoms with Crippen molar-refractivity contribution in [1.82, 2.24) is 14.8 Å². The Bertz CT molecular complexity index is 768. The number of likely N-dealkylation sites (tertiary alicyclic amines) is 2. The van der Waals surface area contributed by atoms with Gasteiger partial charge in [-0.3, -0.25) is 4.90 Å². The lowest BCUT2D eigenvalue weighted by atomic mass is 9.79. The number of hydrogen-bond acceptors (Lipinski definition) is 3. The number of hydrogen-bond donors (Lipinski definition) is 1. The molecule has 4 heteroatoms. The summed E-state index contributed by atoms with van der Waals surface area (Å²) in [7, 11) is 1.81. The van der Waals surface area contributed by atoms with Crippen LogP contribution in [0.1, 0.15) is 36.1 Å². The van der Waals surface area contributed by atoms with Gasteiger partial charge in [0.05, 0.1) is 6.61 Å². The lowest BCUT2D eigenvalue weighted by Gasteiger charge is -2.40. The minimum atomic E-state index is 0.502. The van der Waals surface area contributed by atoms with Crippen molar-refractivity contribution in [2.75, 3.05) is 46.4 Å². The Morgan fingerprint density at radius 1 is 1.12 bits per heavy atom. The number of piperidine rings is 1. The van der Waals surface area contributed by atoms with Gasteiger partial charge < -0.3 is 14.6 Å². The van der Waals surface area contributed by atoms with E-state index in [0.29, 0.717) is 5.41 Å². The molecule has 1 unspecified atom stereocenters. The maximum atomic E-state index is 5.30. The first-order valence-electron chi connectivity index (χ1n) is 10.1. The van der Waals surface area contributed by atoms with Crippen LogP contribution in [0.5, 0.6) is 0 Å². The molecular weight excluding hydrogens is 322 g/mol. The zero-order chi connectivity index (χ0) is 18.1. The van der Waals surface area contributed by atoms with Gasteiger partial charge in [-0.1, -0.05) is 18.2 Å². The highest BCUT2D eigenvalue weighted by molar-refractivity contribution is 5.87. The van der Waals surface area contributed by atoms with E-state index in [9.17, 15) is 0 Å². The molecule has 26 heavy (non-hydrogen) atoms. The normalized spacial score (nSPS) is 24.9. The van der Waals surface area contributed by atoms with E-state index in [-0.39, 0.29) is 0 Å². The van der Waals surface area contributed by atoms with Crippen LogP contribution in [0.2, 0.25) is 0 Å². The molecule has 2 aliphatic heterocycles. The molecular formula is C22H33N3O. The molecule has 142 valence electrons. The molecule has 4 rings (SSSR count). The van der Waals surface area contributed by atoms with E-state index in [2.05, 4.69) is 46.8 Å². The number of nitrogens with zero attached hydrogens (tertiary/aromatic N) is 2. The van der Waals surface area contributed by atoms with E-state index in [1.807, 2.05) is 7.11 Å². The average molecular weight is 356 g/mol. The Balaban J connectivity index is 1.46. The average Bonchev–Trinajstić information content (AvgIpc) is 3.16. The highest BCUT2D eigenvalue weighted by atomic mass is 16.5. The van der Waals surface area contributed by atoms with Crippen LogP contribution in [0.25, 0.3) is 10.9 Å². The van der Waals surface area contributed by atoms with Crippen molar-refractivity contribution in [3.05, 3.63) is 35.0 Å². The second kappa shape index (κ2) is 7.34. The third-order valence-corrected chi connectivity index (χ3v) is 6.61. The monoisotopic (exact) mass is 355 g/mol. The fourth-order valence-electron chi connectivity index (χ4n) is 5.19. The lowest BCUT2D eigenvalue weighted by Crippen LogP contribution is -2.45. The molecule has 0 saturated carbocycles. The Labute approximate surface area is 157 Å². The van der Waals surface area contributed by atoms with E-state index < -0.39 is 0 Å². The summed E-state index contributed by atoms with van der Waals surface area (Å²) in [5.41, 5.74) is 5.99. The van der Waals surface area contributed by atoms with Crippen LogP contribution in [0.4, 0.5) is 0 Å². The number of methoxy groups -OCH3 is 1. The maximum Gasteiger partial charge on any atom is 0.0589 e. The van der Waals surface area contributed by atoms with Gasteiger partial charge in [-0.25, -0.2) is 0 Å². The molecule has 3 heterocycles. The summed E-state index contributed by atoms with van der Waals surface area (Å²) in [6.45, 7) is 12.4.